The number of hydrogen-bond acceptors (Lipinski definition) is 6. The summed E-state index contributed by atoms with van der Waals surface area (Å²) >= 11 is 0. The van der Waals surface area contributed by atoms with E-state index in [1.54, 1.807) is 11.0 Å². The maximum absolute atomic E-state index is 14.3. The van der Waals surface area contributed by atoms with Crippen LogP contribution in [0.4, 0.5) is 0 Å². The van der Waals surface area contributed by atoms with Crippen LogP contribution in [-0.2, 0) is 34.8 Å². The molecule has 1 aliphatic carbocycles. The standard InChI is InChI=1S/C47H60N4O6Si/c1-34(57-58(46(2,3)4,36-23-12-6-13-24-36)37-25-14-7-15-26-37)41(52)29-17-8-16-27-38-42(53)50-47(30-18-9-19-31-47)45(56)49-39(33-35-21-10-5-11-22-35)44(55)51-32-20-28-40(51)43(54)48-38/h5-7,10-15,17,21-26,29,34,38-40H,8-9,16,18-20,27-28,30-33H2,1-4H3,(H,48,54)(H,49,56)(H,50,53)/b29-17+/t34-,38+,39+,40-/m1/s1. The van der Waals surface area contributed by atoms with Gasteiger partial charge in [-0.3, -0.25) is 24.0 Å². The molecule has 1 saturated carbocycles. The number of allylic oxidation sites excluding steroid dienone is 1. The Hall–Kier alpha value is -4.87. The van der Waals surface area contributed by atoms with Crippen LogP contribution in [0, 0.1) is 0 Å². The zero-order chi connectivity index (χ0) is 41.3. The third kappa shape index (κ3) is 9.53. The lowest BCUT2D eigenvalue weighted by atomic mass is 9.80. The van der Waals surface area contributed by atoms with Crippen molar-refractivity contribution in [2.45, 2.75) is 133 Å². The summed E-state index contributed by atoms with van der Waals surface area (Å²) in [7, 11) is -2.94. The van der Waals surface area contributed by atoms with Crippen LogP contribution in [0.1, 0.15) is 97.5 Å². The molecule has 3 aromatic carbocycles. The summed E-state index contributed by atoms with van der Waals surface area (Å²) in [6.45, 7) is 8.75. The monoisotopic (exact) mass is 804 g/mol. The van der Waals surface area contributed by atoms with Crippen molar-refractivity contribution in [1.29, 1.82) is 0 Å². The molecule has 2 saturated heterocycles. The van der Waals surface area contributed by atoms with E-state index in [9.17, 15) is 24.0 Å². The first-order valence-corrected chi connectivity index (χ1v) is 23.0. The highest BCUT2D eigenvalue weighted by Crippen LogP contribution is 2.38. The Morgan fingerprint density at radius 2 is 1.43 bits per heavy atom. The van der Waals surface area contributed by atoms with E-state index in [2.05, 4.69) is 61.0 Å². The Morgan fingerprint density at radius 3 is 2.03 bits per heavy atom. The van der Waals surface area contributed by atoms with Gasteiger partial charge < -0.3 is 25.3 Å². The highest BCUT2D eigenvalue weighted by molar-refractivity contribution is 6.99. The summed E-state index contributed by atoms with van der Waals surface area (Å²) in [6.07, 6.45) is 8.69. The predicted octanol–water partition coefficient (Wildman–Crippen LogP) is 5.28. The Kier molecular flexibility index (Phi) is 13.9. The third-order valence-electron chi connectivity index (χ3n) is 12.2. The second-order valence-corrected chi connectivity index (χ2v) is 21.5. The SMILES string of the molecule is C[C@@H](O[Si](c1ccccc1)(c1ccccc1)C(C)(C)C)C(=O)/C=C/CCC[C@@H]1NC(=O)[C@H]2CCCN2C(=O)[C@H](Cc2ccccc2)NC(=O)C2(CCCCC2)NC1=O. The number of fused-ring (bicyclic) bond motifs is 1. The molecular formula is C47H60N4O6Si. The molecule has 3 aliphatic rings. The lowest BCUT2D eigenvalue weighted by Gasteiger charge is -2.44. The molecule has 4 amide bonds. The minimum Gasteiger partial charge on any atom is -0.397 e. The minimum atomic E-state index is -2.94. The quantitative estimate of drug-likeness (QED) is 0.130. The molecule has 2 heterocycles. The van der Waals surface area contributed by atoms with E-state index in [0.717, 1.165) is 35.2 Å². The number of unbranched alkanes of at least 4 members (excludes halogenated alkanes) is 1. The molecule has 10 nitrogen and oxygen atoms in total. The van der Waals surface area contributed by atoms with Crippen molar-refractivity contribution >= 4 is 48.1 Å². The molecule has 11 heteroatoms. The second kappa shape index (κ2) is 18.8. The van der Waals surface area contributed by atoms with Gasteiger partial charge in [-0.2, -0.15) is 0 Å². The molecule has 2 aliphatic heterocycles. The van der Waals surface area contributed by atoms with E-state index in [1.165, 1.54) is 0 Å². The van der Waals surface area contributed by atoms with Crippen molar-refractivity contribution in [1.82, 2.24) is 20.9 Å². The molecule has 0 radical (unpaired) electrons. The first kappa shape index (κ1) is 42.7. The number of carbonyl (C=O) groups is 5. The van der Waals surface area contributed by atoms with Crippen molar-refractivity contribution < 1.29 is 28.4 Å². The number of nitrogens with zero attached hydrogens (tertiary/aromatic N) is 1. The van der Waals surface area contributed by atoms with Gasteiger partial charge in [-0.1, -0.05) is 137 Å². The number of nitrogens with one attached hydrogen (secondary N) is 3. The number of carbonyl (C=O) groups excluding carboxylic acids is 5. The molecule has 308 valence electrons. The fourth-order valence-electron chi connectivity index (χ4n) is 9.06. The zero-order valence-corrected chi connectivity index (χ0v) is 35.5. The highest BCUT2D eigenvalue weighted by Gasteiger charge is 2.52. The fraction of sp³-hybridized carbons (Fsp3) is 0.468. The van der Waals surface area contributed by atoms with Crippen molar-refractivity contribution in [3.63, 3.8) is 0 Å². The Labute approximate surface area is 344 Å². The first-order chi connectivity index (χ1) is 27.8. The maximum atomic E-state index is 14.3. The second-order valence-electron chi connectivity index (χ2n) is 17.3. The number of hydrogen-bond donors (Lipinski definition) is 3. The van der Waals surface area contributed by atoms with Crippen LogP contribution in [-0.4, -0.2) is 78.9 Å². The van der Waals surface area contributed by atoms with Gasteiger partial charge in [0.05, 0.1) is 0 Å². The lowest BCUT2D eigenvalue weighted by molar-refractivity contribution is -0.145. The number of ketones is 1. The van der Waals surface area contributed by atoms with Gasteiger partial charge in [0.15, 0.2) is 5.78 Å². The van der Waals surface area contributed by atoms with Gasteiger partial charge >= 0.3 is 0 Å². The summed E-state index contributed by atoms with van der Waals surface area (Å²) in [4.78, 5) is 71.7. The van der Waals surface area contributed by atoms with Gasteiger partial charge in [0.25, 0.3) is 8.32 Å². The Balaban J connectivity index is 1.16. The molecule has 0 bridgehead atoms. The molecule has 3 N–H and O–H groups in total. The first-order valence-electron chi connectivity index (χ1n) is 21.1. The van der Waals surface area contributed by atoms with E-state index in [0.29, 0.717) is 51.5 Å². The van der Waals surface area contributed by atoms with Crippen molar-refractivity contribution in [3.8, 4) is 0 Å². The van der Waals surface area contributed by atoms with Crippen LogP contribution in [0.3, 0.4) is 0 Å². The van der Waals surface area contributed by atoms with Crippen LogP contribution in [0.15, 0.2) is 103 Å². The molecule has 3 aromatic rings. The van der Waals surface area contributed by atoms with E-state index < -0.39 is 44.0 Å². The van der Waals surface area contributed by atoms with Gasteiger partial charge in [-0.15, -0.1) is 0 Å². The molecule has 0 unspecified atom stereocenters. The Morgan fingerprint density at radius 1 is 0.828 bits per heavy atom. The summed E-state index contributed by atoms with van der Waals surface area (Å²) in [6, 6.07) is 27.4. The van der Waals surface area contributed by atoms with Crippen molar-refractivity contribution in [2.75, 3.05) is 6.54 Å². The van der Waals surface area contributed by atoms with Crippen LogP contribution < -0.4 is 26.3 Å². The third-order valence-corrected chi connectivity index (χ3v) is 17.3. The molecule has 58 heavy (non-hydrogen) atoms. The molecule has 3 fully saturated rings. The predicted molar refractivity (Wildman–Crippen MR) is 229 cm³/mol. The summed E-state index contributed by atoms with van der Waals surface area (Å²) in [5, 5.41) is 11.0. The van der Waals surface area contributed by atoms with E-state index in [4.69, 9.17) is 4.43 Å². The average Bonchev–Trinajstić information content (AvgIpc) is 3.72. The van der Waals surface area contributed by atoms with Gasteiger partial charge in [0.1, 0.15) is 29.8 Å². The van der Waals surface area contributed by atoms with Gasteiger partial charge in [0, 0.05) is 13.0 Å². The normalized spacial score (nSPS) is 22.3. The number of amides is 4. The fourth-order valence-corrected chi connectivity index (χ4v) is 13.7. The van der Waals surface area contributed by atoms with Crippen LogP contribution >= 0.6 is 0 Å². The highest BCUT2D eigenvalue weighted by atomic mass is 28.4. The number of benzene rings is 3. The molecule has 1 spiro atoms. The smallest absolute Gasteiger partial charge is 0.262 e. The lowest BCUT2D eigenvalue weighted by Crippen LogP contribution is -2.68. The zero-order valence-electron chi connectivity index (χ0n) is 34.5. The number of rotatable bonds is 12. The van der Waals surface area contributed by atoms with E-state index in [1.807, 2.05) is 79.7 Å². The van der Waals surface area contributed by atoms with Crippen LogP contribution in [0.2, 0.25) is 5.04 Å². The average molecular weight is 805 g/mol. The van der Waals surface area contributed by atoms with Gasteiger partial charge in [-0.05, 0) is 78.9 Å². The summed E-state index contributed by atoms with van der Waals surface area (Å²) in [5.74, 6) is -1.56. The molecule has 6 rings (SSSR count). The van der Waals surface area contributed by atoms with Gasteiger partial charge in [0.2, 0.25) is 23.6 Å². The molecule has 4 atom stereocenters. The van der Waals surface area contributed by atoms with Crippen LogP contribution in [0.5, 0.6) is 0 Å². The van der Waals surface area contributed by atoms with E-state index >= 15 is 0 Å². The summed E-state index contributed by atoms with van der Waals surface area (Å²) in [5.41, 5.74) is -0.294. The minimum absolute atomic E-state index is 0.146. The topological polar surface area (TPSA) is 134 Å². The maximum Gasteiger partial charge on any atom is 0.262 e. The molecule has 0 aromatic heterocycles. The largest absolute Gasteiger partial charge is 0.397 e. The van der Waals surface area contributed by atoms with Crippen molar-refractivity contribution in [2.24, 2.45) is 0 Å². The van der Waals surface area contributed by atoms with Crippen LogP contribution in [0.25, 0.3) is 0 Å². The Bertz CT molecular complexity index is 1890. The summed E-state index contributed by atoms with van der Waals surface area (Å²) < 4.78 is 7.00. The molecular weight excluding hydrogens is 745 g/mol. The van der Waals surface area contributed by atoms with Gasteiger partial charge in [-0.25, -0.2) is 0 Å². The van der Waals surface area contributed by atoms with Crippen molar-refractivity contribution in [3.05, 3.63) is 109 Å². The van der Waals surface area contributed by atoms with E-state index in [-0.39, 0.29) is 35.0 Å².